The minimum atomic E-state index is 0.417. The van der Waals surface area contributed by atoms with Gasteiger partial charge in [0, 0.05) is 4.47 Å². The molecule has 0 radical (unpaired) electrons. The Bertz CT molecular complexity index is 542. The normalized spacial score (nSPS) is 12.2. The Kier molecular flexibility index (Phi) is 5.62. The molecule has 0 heterocycles. The second kappa shape index (κ2) is 7.46. The van der Waals surface area contributed by atoms with Crippen LogP contribution < -0.4 is 10.5 Å². The van der Waals surface area contributed by atoms with Crippen LogP contribution in [0.25, 0.3) is 0 Å². The molecule has 3 heteroatoms. The van der Waals surface area contributed by atoms with E-state index in [4.69, 9.17) is 10.5 Å². The molecule has 0 saturated heterocycles. The minimum Gasteiger partial charge on any atom is -0.496 e. The molecular formula is C17H20BrNO. The Morgan fingerprint density at radius 2 is 1.85 bits per heavy atom. The van der Waals surface area contributed by atoms with E-state index in [0.29, 0.717) is 12.5 Å². The highest BCUT2D eigenvalue weighted by Gasteiger charge is 2.12. The fourth-order valence-electron chi connectivity index (χ4n) is 2.40. The van der Waals surface area contributed by atoms with E-state index in [0.717, 1.165) is 23.1 Å². The van der Waals surface area contributed by atoms with Crippen LogP contribution in [0.3, 0.4) is 0 Å². The van der Waals surface area contributed by atoms with Gasteiger partial charge in [-0.25, -0.2) is 0 Å². The van der Waals surface area contributed by atoms with E-state index in [-0.39, 0.29) is 0 Å². The average molecular weight is 334 g/mol. The van der Waals surface area contributed by atoms with Crippen molar-refractivity contribution >= 4 is 15.9 Å². The lowest BCUT2D eigenvalue weighted by molar-refractivity contribution is 0.403. The summed E-state index contributed by atoms with van der Waals surface area (Å²) >= 11 is 3.52. The van der Waals surface area contributed by atoms with Crippen molar-refractivity contribution in [3.8, 4) is 5.75 Å². The highest BCUT2D eigenvalue weighted by Crippen LogP contribution is 2.26. The zero-order valence-corrected chi connectivity index (χ0v) is 13.3. The van der Waals surface area contributed by atoms with Crippen molar-refractivity contribution < 1.29 is 4.74 Å². The zero-order valence-electron chi connectivity index (χ0n) is 11.7. The maximum atomic E-state index is 5.95. The van der Waals surface area contributed by atoms with Crippen molar-refractivity contribution in [3.05, 3.63) is 64.1 Å². The van der Waals surface area contributed by atoms with E-state index in [2.05, 4.69) is 46.3 Å². The Labute approximate surface area is 129 Å². The molecule has 2 aromatic rings. The number of nitrogens with two attached hydrogens (primary N) is 1. The van der Waals surface area contributed by atoms with Crippen molar-refractivity contribution in [2.75, 3.05) is 13.7 Å². The predicted molar refractivity (Wildman–Crippen MR) is 87.1 cm³/mol. The second-order valence-electron chi connectivity index (χ2n) is 4.95. The maximum absolute atomic E-state index is 5.95. The summed E-state index contributed by atoms with van der Waals surface area (Å²) in [5.41, 5.74) is 8.48. The van der Waals surface area contributed by atoms with Gasteiger partial charge in [0.1, 0.15) is 5.75 Å². The van der Waals surface area contributed by atoms with Gasteiger partial charge in [-0.3, -0.25) is 0 Å². The van der Waals surface area contributed by atoms with Gasteiger partial charge >= 0.3 is 0 Å². The Morgan fingerprint density at radius 3 is 2.50 bits per heavy atom. The van der Waals surface area contributed by atoms with E-state index in [1.165, 1.54) is 11.1 Å². The second-order valence-corrected chi connectivity index (χ2v) is 5.87. The third-order valence-electron chi connectivity index (χ3n) is 3.45. The molecule has 0 amide bonds. The molecule has 0 aliphatic rings. The third kappa shape index (κ3) is 4.09. The molecule has 0 aliphatic heterocycles. The molecule has 0 fully saturated rings. The van der Waals surface area contributed by atoms with Crippen LogP contribution in [0.4, 0.5) is 0 Å². The highest BCUT2D eigenvalue weighted by atomic mass is 79.9. The lowest BCUT2D eigenvalue weighted by Gasteiger charge is -2.17. The molecular weight excluding hydrogens is 314 g/mol. The molecule has 0 bridgehead atoms. The SMILES string of the molecule is COc1ccc(Br)cc1CC(CN)Cc1ccccc1. The molecule has 0 saturated carbocycles. The first-order valence-electron chi connectivity index (χ1n) is 6.79. The number of hydrogen-bond acceptors (Lipinski definition) is 2. The molecule has 1 atom stereocenters. The minimum absolute atomic E-state index is 0.417. The Hall–Kier alpha value is -1.32. The molecule has 106 valence electrons. The summed E-state index contributed by atoms with van der Waals surface area (Å²) in [6.07, 6.45) is 1.92. The molecule has 1 unspecified atom stereocenters. The van der Waals surface area contributed by atoms with Crippen molar-refractivity contribution in [1.29, 1.82) is 0 Å². The van der Waals surface area contributed by atoms with Crippen LogP contribution in [0, 0.1) is 5.92 Å². The monoisotopic (exact) mass is 333 g/mol. The molecule has 0 aliphatic carbocycles. The summed E-state index contributed by atoms with van der Waals surface area (Å²) < 4.78 is 6.51. The standard InChI is InChI=1S/C17H20BrNO/c1-20-17-8-7-16(18)11-15(17)10-14(12-19)9-13-5-3-2-4-6-13/h2-8,11,14H,9-10,12,19H2,1H3. The first-order chi connectivity index (χ1) is 9.72. The van der Waals surface area contributed by atoms with Crippen molar-refractivity contribution in [2.45, 2.75) is 12.8 Å². The lowest BCUT2D eigenvalue weighted by Crippen LogP contribution is -2.19. The molecule has 2 rings (SSSR count). The van der Waals surface area contributed by atoms with Gasteiger partial charge in [-0.15, -0.1) is 0 Å². The topological polar surface area (TPSA) is 35.2 Å². The summed E-state index contributed by atoms with van der Waals surface area (Å²) in [7, 11) is 1.71. The molecule has 2 nitrogen and oxygen atoms in total. The van der Waals surface area contributed by atoms with Gasteiger partial charge in [-0.05, 0) is 54.6 Å². The summed E-state index contributed by atoms with van der Waals surface area (Å²) in [6, 6.07) is 16.6. The number of halogens is 1. The number of benzene rings is 2. The number of ether oxygens (including phenoxy) is 1. The van der Waals surface area contributed by atoms with Crippen LogP contribution in [-0.2, 0) is 12.8 Å². The van der Waals surface area contributed by atoms with Gasteiger partial charge in [-0.1, -0.05) is 46.3 Å². The van der Waals surface area contributed by atoms with Gasteiger partial charge in [0.2, 0.25) is 0 Å². The summed E-state index contributed by atoms with van der Waals surface area (Å²) in [4.78, 5) is 0. The largest absolute Gasteiger partial charge is 0.496 e. The zero-order chi connectivity index (χ0) is 14.4. The van der Waals surface area contributed by atoms with Gasteiger partial charge in [-0.2, -0.15) is 0 Å². The van der Waals surface area contributed by atoms with Crippen molar-refractivity contribution in [1.82, 2.24) is 0 Å². The van der Waals surface area contributed by atoms with Gasteiger partial charge in [0.15, 0.2) is 0 Å². The van der Waals surface area contributed by atoms with E-state index >= 15 is 0 Å². The molecule has 0 spiro atoms. The third-order valence-corrected chi connectivity index (χ3v) is 3.94. The van der Waals surface area contributed by atoms with Crippen molar-refractivity contribution in [3.63, 3.8) is 0 Å². The van der Waals surface area contributed by atoms with E-state index in [1.807, 2.05) is 18.2 Å². The first kappa shape index (κ1) is 15.1. The fourth-order valence-corrected chi connectivity index (χ4v) is 2.81. The molecule has 2 aromatic carbocycles. The Balaban J connectivity index is 2.12. The number of rotatable bonds is 6. The fraction of sp³-hybridized carbons (Fsp3) is 0.294. The van der Waals surface area contributed by atoms with Crippen molar-refractivity contribution in [2.24, 2.45) is 11.7 Å². The quantitative estimate of drug-likeness (QED) is 0.872. The lowest BCUT2D eigenvalue weighted by atomic mass is 9.92. The van der Waals surface area contributed by atoms with Crippen LogP contribution in [0.15, 0.2) is 53.0 Å². The predicted octanol–water partition coefficient (Wildman–Crippen LogP) is 3.82. The van der Waals surface area contributed by atoms with Crippen LogP contribution in [0.2, 0.25) is 0 Å². The first-order valence-corrected chi connectivity index (χ1v) is 7.58. The number of methoxy groups -OCH3 is 1. The summed E-state index contributed by atoms with van der Waals surface area (Å²) in [5.74, 6) is 1.35. The highest BCUT2D eigenvalue weighted by molar-refractivity contribution is 9.10. The summed E-state index contributed by atoms with van der Waals surface area (Å²) in [5, 5.41) is 0. The van der Waals surface area contributed by atoms with Crippen LogP contribution in [0.5, 0.6) is 5.75 Å². The Morgan fingerprint density at radius 1 is 1.10 bits per heavy atom. The molecule has 2 N–H and O–H groups in total. The molecule has 0 aromatic heterocycles. The average Bonchev–Trinajstić information content (AvgIpc) is 2.48. The van der Waals surface area contributed by atoms with Crippen LogP contribution >= 0.6 is 15.9 Å². The van der Waals surface area contributed by atoms with Gasteiger partial charge in [0.25, 0.3) is 0 Å². The van der Waals surface area contributed by atoms with Gasteiger partial charge < -0.3 is 10.5 Å². The van der Waals surface area contributed by atoms with Crippen LogP contribution in [-0.4, -0.2) is 13.7 Å². The molecule has 20 heavy (non-hydrogen) atoms. The van der Waals surface area contributed by atoms with Crippen LogP contribution in [0.1, 0.15) is 11.1 Å². The smallest absolute Gasteiger partial charge is 0.122 e. The van der Waals surface area contributed by atoms with E-state index < -0.39 is 0 Å². The van der Waals surface area contributed by atoms with Gasteiger partial charge in [0.05, 0.1) is 7.11 Å². The maximum Gasteiger partial charge on any atom is 0.122 e. The summed E-state index contributed by atoms with van der Waals surface area (Å²) in [6.45, 7) is 0.671. The van der Waals surface area contributed by atoms with E-state index in [9.17, 15) is 0 Å². The van der Waals surface area contributed by atoms with E-state index in [1.54, 1.807) is 7.11 Å². The number of hydrogen-bond donors (Lipinski definition) is 1.